The summed E-state index contributed by atoms with van der Waals surface area (Å²) in [7, 11) is 1.85. The van der Waals surface area contributed by atoms with Gasteiger partial charge in [0.25, 0.3) is 0 Å². The Morgan fingerprint density at radius 1 is 1.00 bits per heavy atom. The number of piperidine rings is 1. The molecule has 0 amide bonds. The van der Waals surface area contributed by atoms with Crippen molar-refractivity contribution >= 4 is 5.96 Å². The Hall–Kier alpha value is -1.63. The maximum absolute atomic E-state index is 5.48. The van der Waals surface area contributed by atoms with Gasteiger partial charge in [0, 0.05) is 52.9 Å². The van der Waals surface area contributed by atoms with Gasteiger partial charge in [0.05, 0.1) is 13.2 Å². The number of hydrogen-bond donors (Lipinski definition) is 2. The Labute approximate surface area is 189 Å². The number of nitrogens with one attached hydrogen (secondary N) is 2. The molecule has 2 heterocycles. The highest BCUT2D eigenvalue weighted by atomic mass is 16.5. The number of likely N-dealkylation sites (tertiary alicyclic amines) is 1. The third-order valence-corrected chi connectivity index (χ3v) is 6.42. The van der Waals surface area contributed by atoms with Crippen LogP contribution in [0.2, 0.25) is 0 Å². The molecule has 0 aromatic heterocycles. The average Bonchev–Trinajstić information content (AvgIpc) is 2.76. The van der Waals surface area contributed by atoms with E-state index in [1.807, 2.05) is 7.05 Å². The van der Waals surface area contributed by atoms with Gasteiger partial charge in [-0.15, -0.1) is 0 Å². The van der Waals surface area contributed by atoms with Crippen LogP contribution in [0, 0.1) is 11.8 Å². The molecule has 2 fully saturated rings. The lowest BCUT2D eigenvalue weighted by molar-refractivity contribution is 0.0341. The molecule has 2 N–H and O–H groups in total. The second kappa shape index (κ2) is 13.0. The predicted molar refractivity (Wildman–Crippen MR) is 129 cm³/mol. The van der Waals surface area contributed by atoms with Crippen molar-refractivity contribution in [3.05, 3.63) is 35.4 Å². The van der Waals surface area contributed by atoms with Crippen molar-refractivity contribution in [2.75, 3.05) is 59.5 Å². The zero-order valence-electron chi connectivity index (χ0n) is 19.9. The summed E-state index contributed by atoms with van der Waals surface area (Å²) in [5.41, 5.74) is 2.72. The van der Waals surface area contributed by atoms with Gasteiger partial charge in [-0.05, 0) is 48.8 Å². The molecule has 2 aliphatic rings. The van der Waals surface area contributed by atoms with Gasteiger partial charge < -0.3 is 20.3 Å². The van der Waals surface area contributed by atoms with Crippen molar-refractivity contribution in [2.45, 2.75) is 46.2 Å². The van der Waals surface area contributed by atoms with E-state index in [1.54, 1.807) is 0 Å². The maximum Gasteiger partial charge on any atom is 0.191 e. The van der Waals surface area contributed by atoms with Gasteiger partial charge >= 0.3 is 0 Å². The summed E-state index contributed by atoms with van der Waals surface area (Å²) in [6, 6.07) is 8.72. The summed E-state index contributed by atoms with van der Waals surface area (Å²) in [5.74, 6) is 2.58. The summed E-state index contributed by atoms with van der Waals surface area (Å²) in [6.07, 6.45) is 3.80. The minimum absolute atomic E-state index is 0.795. The lowest BCUT2D eigenvalue weighted by Gasteiger charge is -2.34. The largest absolute Gasteiger partial charge is 0.379 e. The zero-order chi connectivity index (χ0) is 21.9. The van der Waals surface area contributed by atoms with Crippen molar-refractivity contribution in [2.24, 2.45) is 16.8 Å². The van der Waals surface area contributed by atoms with E-state index >= 15 is 0 Å². The van der Waals surface area contributed by atoms with Gasteiger partial charge in [0.15, 0.2) is 5.96 Å². The van der Waals surface area contributed by atoms with Gasteiger partial charge in [0.2, 0.25) is 0 Å². The van der Waals surface area contributed by atoms with E-state index in [0.29, 0.717) is 0 Å². The van der Waals surface area contributed by atoms with Crippen molar-refractivity contribution in [1.82, 2.24) is 20.4 Å². The van der Waals surface area contributed by atoms with Crippen molar-refractivity contribution < 1.29 is 4.74 Å². The van der Waals surface area contributed by atoms with E-state index in [4.69, 9.17) is 4.74 Å². The third kappa shape index (κ3) is 8.43. The maximum atomic E-state index is 5.48. The topological polar surface area (TPSA) is 52.1 Å². The first-order chi connectivity index (χ1) is 15.1. The van der Waals surface area contributed by atoms with Crippen molar-refractivity contribution in [1.29, 1.82) is 0 Å². The molecule has 0 saturated carbocycles. The van der Waals surface area contributed by atoms with Crippen LogP contribution in [-0.2, 0) is 17.8 Å². The van der Waals surface area contributed by atoms with Crippen LogP contribution in [0.1, 0.15) is 44.2 Å². The molecule has 3 rings (SSSR count). The van der Waals surface area contributed by atoms with Gasteiger partial charge in [-0.1, -0.05) is 38.1 Å². The number of ether oxygens (including phenoxy) is 1. The summed E-state index contributed by atoms with van der Waals surface area (Å²) >= 11 is 0. The lowest BCUT2D eigenvalue weighted by atomic mass is 9.92. The van der Waals surface area contributed by atoms with E-state index in [0.717, 1.165) is 63.7 Å². The number of aliphatic imine (C=N–C) groups is 1. The minimum Gasteiger partial charge on any atom is -0.379 e. The lowest BCUT2D eigenvalue weighted by Crippen LogP contribution is -2.40. The number of unbranched alkanes of at least 4 members (excludes halogenated alkanes) is 1. The average molecular weight is 430 g/mol. The van der Waals surface area contributed by atoms with Crippen LogP contribution >= 0.6 is 0 Å². The molecule has 0 radical (unpaired) electrons. The number of morpholine rings is 1. The van der Waals surface area contributed by atoms with Gasteiger partial charge in [-0.3, -0.25) is 9.89 Å². The molecule has 2 atom stereocenters. The highest BCUT2D eigenvalue weighted by molar-refractivity contribution is 5.79. The fourth-order valence-corrected chi connectivity index (χ4v) is 4.93. The van der Waals surface area contributed by atoms with Gasteiger partial charge in [-0.25, -0.2) is 0 Å². The van der Waals surface area contributed by atoms with Crippen LogP contribution in [0.15, 0.2) is 29.3 Å². The molecule has 1 aromatic carbocycles. The second-order valence-corrected chi connectivity index (χ2v) is 9.42. The number of benzene rings is 1. The van der Waals surface area contributed by atoms with Crippen LogP contribution in [0.4, 0.5) is 0 Å². The standard InChI is InChI=1S/C25H43N5O/c1-21-16-22(2)19-30(18-21)11-7-6-10-27-25(26-3)28-17-23-8-4-5-9-24(23)20-29-12-14-31-15-13-29/h4-5,8-9,21-22H,6-7,10-20H2,1-3H3,(H2,26,27,28). The molecule has 2 saturated heterocycles. The van der Waals surface area contributed by atoms with Crippen LogP contribution in [0.3, 0.4) is 0 Å². The van der Waals surface area contributed by atoms with Crippen LogP contribution in [0.5, 0.6) is 0 Å². The number of hydrogen-bond acceptors (Lipinski definition) is 4. The zero-order valence-corrected chi connectivity index (χ0v) is 19.9. The molecule has 0 bridgehead atoms. The first-order valence-electron chi connectivity index (χ1n) is 12.2. The van der Waals surface area contributed by atoms with Gasteiger partial charge in [-0.2, -0.15) is 0 Å². The van der Waals surface area contributed by atoms with E-state index < -0.39 is 0 Å². The molecule has 6 nitrogen and oxygen atoms in total. The first-order valence-corrected chi connectivity index (χ1v) is 12.2. The van der Waals surface area contributed by atoms with Crippen LogP contribution in [-0.4, -0.2) is 75.3 Å². The van der Waals surface area contributed by atoms with Crippen LogP contribution in [0.25, 0.3) is 0 Å². The SMILES string of the molecule is CN=C(NCCCCN1CC(C)CC(C)C1)NCc1ccccc1CN1CCOCC1. The van der Waals surface area contributed by atoms with Crippen molar-refractivity contribution in [3.8, 4) is 0 Å². The first kappa shape index (κ1) is 24.0. The second-order valence-electron chi connectivity index (χ2n) is 9.42. The quantitative estimate of drug-likeness (QED) is 0.359. The Morgan fingerprint density at radius 2 is 1.71 bits per heavy atom. The highest BCUT2D eigenvalue weighted by Crippen LogP contribution is 2.21. The monoisotopic (exact) mass is 429 g/mol. The van der Waals surface area contributed by atoms with E-state index in [1.165, 1.54) is 50.0 Å². The third-order valence-electron chi connectivity index (χ3n) is 6.42. The highest BCUT2D eigenvalue weighted by Gasteiger charge is 2.21. The summed E-state index contributed by atoms with van der Waals surface area (Å²) in [6.45, 7) is 15.0. The molecule has 2 aliphatic heterocycles. The fraction of sp³-hybridized carbons (Fsp3) is 0.720. The van der Waals surface area contributed by atoms with E-state index in [-0.39, 0.29) is 0 Å². The molecule has 174 valence electrons. The minimum atomic E-state index is 0.795. The summed E-state index contributed by atoms with van der Waals surface area (Å²) < 4.78 is 5.48. The Kier molecular flexibility index (Phi) is 10.1. The van der Waals surface area contributed by atoms with E-state index in [2.05, 4.69) is 63.5 Å². The smallest absolute Gasteiger partial charge is 0.191 e. The molecular formula is C25H43N5O. The molecular weight excluding hydrogens is 386 g/mol. The Morgan fingerprint density at radius 3 is 2.42 bits per heavy atom. The van der Waals surface area contributed by atoms with Crippen molar-refractivity contribution in [3.63, 3.8) is 0 Å². The Balaban J connectivity index is 1.36. The molecule has 1 aromatic rings. The Bertz CT molecular complexity index is 664. The molecule has 6 heteroatoms. The molecule has 0 spiro atoms. The predicted octanol–water partition coefficient (Wildman–Crippen LogP) is 2.94. The molecule has 0 aliphatic carbocycles. The van der Waals surface area contributed by atoms with Crippen LogP contribution < -0.4 is 10.6 Å². The number of rotatable bonds is 9. The number of guanidine groups is 1. The summed E-state index contributed by atoms with van der Waals surface area (Å²) in [4.78, 5) is 9.53. The number of nitrogens with zero attached hydrogens (tertiary/aromatic N) is 3. The van der Waals surface area contributed by atoms with Gasteiger partial charge in [0.1, 0.15) is 0 Å². The van der Waals surface area contributed by atoms with E-state index in [9.17, 15) is 0 Å². The molecule has 2 unspecified atom stereocenters. The summed E-state index contributed by atoms with van der Waals surface area (Å²) in [5, 5.41) is 6.99. The molecule has 31 heavy (non-hydrogen) atoms. The normalized spacial score (nSPS) is 23.6. The fourth-order valence-electron chi connectivity index (χ4n) is 4.93.